The molecule has 0 aromatic carbocycles. The van der Waals surface area contributed by atoms with Crippen LogP contribution >= 0.6 is 11.3 Å². The Hall–Kier alpha value is -0.980. The Labute approximate surface area is 91.6 Å². The number of nitrogens with two attached hydrogens (primary N) is 1. The van der Waals surface area contributed by atoms with Gasteiger partial charge in [-0.1, -0.05) is 11.3 Å². The molecule has 1 aliphatic heterocycles. The van der Waals surface area contributed by atoms with Crippen LogP contribution in [0, 0.1) is 10.1 Å². The normalized spacial score (nSPS) is 22.1. The van der Waals surface area contributed by atoms with Gasteiger partial charge in [0.15, 0.2) is 0 Å². The molecule has 82 valence electrons. The molecular weight excluding hydrogens is 214 g/mol. The third-order valence-electron chi connectivity index (χ3n) is 2.52. The summed E-state index contributed by atoms with van der Waals surface area (Å²) in [4.78, 5) is 13.4. The second-order valence-electron chi connectivity index (χ2n) is 3.78. The zero-order chi connectivity index (χ0) is 10.8. The molecule has 0 saturated carbocycles. The maximum Gasteiger partial charge on any atom is 0.324 e. The van der Waals surface area contributed by atoms with Gasteiger partial charge in [0.05, 0.1) is 4.92 Å². The van der Waals surface area contributed by atoms with Crippen LogP contribution in [0.2, 0.25) is 0 Å². The van der Waals surface area contributed by atoms with Gasteiger partial charge < -0.3 is 5.73 Å². The average molecular weight is 227 g/mol. The molecule has 0 amide bonds. The van der Waals surface area contributed by atoms with Crippen LogP contribution in [-0.4, -0.2) is 29.0 Å². The van der Waals surface area contributed by atoms with Gasteiger partial charge >= 0.3 is 5.00 Å². The predicted molar refractivity (Wildman–Crippen MR) is 58.8 cm³/mol. The summed E-state index contributed by atoms with van der Waals surface area (Å²) >= 11 is 1.25. The van der Waals surface area contributed by atoms with Crippen LogP contribution in [0.3, 0.4) is 0 Å². The molecule has 1 aromatic rings. The Kier molecular flexibility index (Phi) is 2.99. The lowest BCUT2D eigenvalue weighted by Gasteiger charge is -2.12. The van der Waals surface area contributed by atoms with Crippen LogP contribution in [0.4, 0.5) is 5.00 Å². The minimum absolute atomic E-state index is 0.216. The summed E-state index contributed by atoms with van der Waals surface area (Å²) in [5.74, 6) is 0. The molecule has 0 spiro atoms. The first kappa shape index (κ1) is 10.5. The third kappa shape index (κ3) is 2.53. The van der Waals surface area contributed by atoms with Crippen molar-refractivity contribution in [3.05, 3.63) is 27.1 Å². The van der Waals surface area contributed by atoms with Crippen molar-refractivity contribution in [1.29, 1.82) is 0 Å². The molecule has 2 N–H and O–H groups in total. The van der Waals surface area contributed by atoms with Crippen LogP contribution in [-0.2, 0) is 6.54 Å². The highest BCUT2D eigenvalue weighted by Gasteiger charge is 2.20. The number of thiophene rings is 1. The fourth-order valence-corrected chi connectivity index (χ4v) is 2.64. The lowest BCUT2D eigenvalue weighted by Crippen LogP contribution is -2.25. The van der Waals surface area contributed by atoms with E-state index in [1.165, 1.54) is 11.3 Å². The van der Waals surface area contributed by atoms with Crippen LogP contribution in [0.25, 0.3) is 0 Å². The van der Waals surface area contributed by atoms with E-state index in [4.69, 9.17) is 5.73 Å². The third-order valence-corrected chi connectivity index (χ3v) is 3.54. The molecule has 1 atom stereocenters. The average Bonchev–Trinajstić information content (AvgIpc) is 2.76. The molecule has 2 rings (SSSR count). The van der Waals surface area contributed by atoms with Crippen molar-refractivity contribution in [2.75, 3.05) is 13.1 Å². The number of nitro groups is 1. The molecule has 0 radical (unpaired) electrons. The van der Waals surface area contributed by atoms with Crippen molar-refractivity contribution < 1.29 is 4.92 Å². The lowest BCUT2D eigenvalue weighted by molar-refractivity contribution is -0.380. The SMILES string of the molecule is NC1CCN(Cc2ccc([N+](=O)[O-])s2)C1. The monoisotopic (exact) mass is 227 g/mol. The second kappa shape index (κ2) is 4.26. The maximum atomic E-state index is 10.5. The van der Waals surface area contributed by atoms with Crippen molar-refractivity contribution >= 4 is 16.3 Å². The molecule has 1 fully saturated rings. The summed E-state index contributed by atoms with van der Waals surface area (Å²) in [6.07, 6.45) is 1.02. The van der Waals surface area contributed by atoms with Gasteiger partial charge in [-0.05, 0) is 12.5 Å². The summed E-state index contributed by atoms with van der Waals surface area (Å²) < 4.78 is 0. The zero-order valence-corrected chi connectivity index (χ0v) is 9.07. The van der Waals surface area contributed by atoms with E-state index in [1.54, 1.807) is 6.07 Å². The van der Waals surface area contributed by atoms with E-state index >= 15 is 0 Å². The van der Waals surface area contributed by atoms with Gasteiger partial charge in [0.25, 0.3) is 0 Å². The Morgan fingerprint density at radius 3 is 3.00 bits per heavy atom. The molecule has 0 aliphatic carbocycles. The van der Waals surface area contributed by atoms with Gasteiger partial charge in [-0.15, -0.1) is 0 Å². The van der Waals surface area contributed by atoms with E-state index in [2.05, 4.69) is 4.90 Å². The molecule has 15 heavy (non-hydrogen) atoms. The fourth-order valence-electron chi connectivity index (χ4n) is 1.78. The van der Waals surface area contributed by atoms with Crippen LogP contribution in [0.1, 0.15) is 11.3 Å². The molecule has 1 aliphatic rings. The van der Waals surface area contributed by atoms with Gasteiger partial charge in [-0.3, -0.25) is 15.0 Å². The summed E-state index contributed by atoms with van der Waals surface area (Å²) in [6.45, 7) is 2.67. The minimum atomic E-state index is -0.343. The summed E-state index contributed by atoms with van der Waals surface area (Å²) in [6, 6.07) is 3.66. The van der Waals surface area contributed by atoms with E-state index in [0.29, 0.717) is 0 Å². The molecule has 1 saturated heterocycles. The number of likely N-dealkylation sites (tertiary alicyclic amines) is 1. The zero-order valence-electron chi connectivity index (χ0n) is 8.26. The van der Waals surface area contributed by atoms with E-state index in [9.17, 15) is 10.1 Å². The highest BCUT2D eigenvalue weighted by atomic mass is 32.1. The molecule has 1 aromatic heterocycles. The molecule has 1 unspecified atom stereocenters. The first-order valence-electron chi connectivity index (χ1n) is 4.86. The quantitative estimate of drug-likeness (QED) is 0.622. The van der Waals surface area contributed by atoms with Crippen molar-refractivity contribution in [3.8, 4) is 0 Å². The Balaban J connectivity index is 1.96. The summed E-state index contributed by atoms with van der Waals surface area (Å²) in [5, 5.41) is 10.7. The highest BCUT2D eigenvalue weighted by Crippen LogP contribution is 2.25. The predicted octanol–water partition coefficient (Wildman–Crippen LogP) is 1.19. The van der Waals surface area contributed by atoms with Crippen LogP contribution < -0.4 is 5.73 Å². The number of rotatable bonds is 3. The highest BCUT2D eigenvalue weighted by molar-refractivity contribution is 7.15. The minimum Gasteiger partial charge on any atom is -0.326 e. The second-order valence-corrected chi connectivity index (χ2v) is 4.93. The van der Waals surface area contributed by atoms with Gasteiger partial charge in [-0.25, -0.2) is 0 Å². The molecular formula is C9H13N3O2S. The van der Waals surface area contributed by atoms with Crippen molar-refractivity contribution in [3.63, 3.8) is 0 Å². The molecule has 6 heteroatoms. The Bertz CT molecular complexity index is 366. The van der Waals surface area contributed by atoms with E-state index in [0.717, 1.165) is 30.9 Å². The van der Waals surface area contributed by atoms with E-state index in [-0.39, 0.29) is 16.0 Å². The van der Waals surface area contributed by atoms with Crippen molar-refractivity contribution in [2.24, 2.45) is 5.73 Å². The fraction of sp³-hybridized carbons (Fsp3) is 0.556. The molecule has 0 bridgehead atoms. The Morgan fingerprint density at radius 1 is 1.67 bits per heavy atom. The number of hydrogen-bond acceptors (Lipinski definition) is 5. The van der Waals surface area contributed by atoms with Gasteiger partial charge in [-0.2, -0.15) is 0 Å². The maximum absolute atomic E-state index is 10.5. The van der Waals surface area contributed by atoms with Crippen LogP contribution in [0.15, 0.2) is 12.1 Å². The smallest absolute Gasteiger partial charge is 0.324 e. The van der Waals surface area contributed by atoms with E-state index in [1.807, 2.05) is 6.07 Å². The standard InChI is InChI=1S/C9H13N3O2S/c10-7-3-4-11(5-7)6-8-1-2-9(15-8)12(13)14/h1-2,7H,3-6,10H2. The van der Waals surface area contributed by atoms with Crippen molar-refractivity contribution in [1.82, 2.24) is 4.90 Å². The van der Waals surface area contributed by atoms with Crippen LogP contribution in [0.5, 0.6) is 0 Å². The van der Waals surface area contributed by atoms with Gasteiger partial charge in [0.2, 0.25) is 0 Å². The Morgan fingerprint density at radius 2 is 2.47 bits per heavy atom. The summed E-state index contributed by atoms with van der Waals surface area (Å²) in [7, 11) is 0. The lowest BCUT2D eigenvalue weighted by atomic mass is 10.3. The summed E-state index contributed by atoms with van der Waals surface area (Å²) in [5.41, 5.74) is 5.79. The topological polar surface area (TPSA) is 72.4 Å². The number of hydrogen-bond donors (Lipinski definition) is 1. The van der Waals surface area contributed by atoms with Gasteiger partial charge in [0, 0.05) is 36.6 Å². The van der Waals surface area contributed by atoms with Crippen molar-refractivity contribution in [2.45, 2.75) is 19.0 Å². The molecule has 2 heterocycles. The largest absolute Gasteiger partial charge is 0.326 e. The number of nitrogens with zero attached hydrogens (tertiary/aromatic N) is 2. The molecule has 5 nitrogen and oxygen atoms in total. The first-order valence-corrected chi connectivity index (χ1v) is 5.68. The van der Waals surface area contributed by atoms with E-state index < -0.39 is 0 Å². The first-order chi connectivity index (χ1) is 7.15. The van der Waals surface area contributed by atoms with Gasteiger partial charge in [0.1, 0.15) is 0 Å².